The lowest BCUT2D eigenvalue weighted by Crippen LogP contribution is -2.40. The Kier molecular flexibility index (Phi) is 5.00. The monoisotopic (exact) mass is 443 g/mol. The van der Waals surface area contributed by atoms with E-state index in [1.165, 1.54) is 20.3 Å². The number of imidazole rings is 1. The molecular weight excluding hydrogens is 414 g/mol. The molecule has 7 nitrogen and oxygen atoms in total. The average molecular weight is 444 g/mol. The van der Waals surface area contributed by atoms with Crippen LogP contribution in [0.15, 0.2) is 52.1 Å². The number of nitrogens with zero attached hydrogens (tertiary/aromatic N) is 5. The SMILES string of the molecule is Cc1cccc(Cn2c(=O)c3c(nc4n3C[C@H](C)CN4c3cc(C)cc(C)c3)n(C)c2=O)c1. The van der Waals surface area contributed by atoms with Crippen LogP contribution in [0.2, 0.25) is 0 Å². The molecule has 7 heteroatoms. The van der Waals surface area contributed by atoms with Crippen molar-refractivity contribution in [3.05, 3.63) is 85.6 Å². The van der Waals surface area contributed by atoms with E-state index in [1.807, 2.05) is 35.8 Å². The van der Waals surface area contributed by atoms with Crippen LogP contribution in [0.4, 0.5) is 11.6 Å². The third-order valence-corrected chi connectivity index (χ3v) is 6.38. The molecule has 0 amide bonds. The van der Waals surface area contributed by atoms with Crippen LogP contribution < -0.4 is 16.1 Å². The smallest absolute Gasteiger partial charge is 0.312 e. The van der Waals surface area contributed by atoms with Gasteiger partial charge in [0, 0.05) is 25.8 Å². The van der Waals surface area contributed by atoms with Crippen molar-refractivity contribution in [3.63, 3.8) is 0 Å². The van der Waals surface area contributed by atoms with Crippen LogP contribution in [0.1, 0.15) is 29.2 Å². The molecule has 0 bridgehead atoms. The summed E-state index contributed by atoms with van der Waals surface area (Å²) >= 11 is 0. The first-order valence-electron chi connectivity index (χ1n) is 11.3. The fourth-order valence-corrected chi connectivity index (χ4v) is 4.96. The van der Waals surface area contributed by atoms with Crippen molar-refractivity contribution in [2.75, 3.05) is 11.4 Å². The molecular formula is C26H29N5O2. The number of rotatable bonds is 3. The zero-order valence-corrected chi connectivity index (χ0v) is 19.8. The molecule has 0 aliphatic carbocycles. The number of aromatic nitrogens is 4. The zero-order chi connectivity index (χ0) is 23.4. The van der Waals surface area contributed by atoms with Gasteiger partial charge in [-0.3, -0.25) is 13.9 Å². The molecule has 2 aromatic carbocycles. The van der Waals surface area contributed by atoms with Crippen molar-refractivity contribution in [1.29, 1.82) is 0 Å². The van der Waals surface area contributed by atoms with Crippen molar-refractivity contribution < 1.29 is 0 Å². The van der Waals surface area contributed by atoms with Crippen LogP contribution in [-0.4, -0.2) is 25.2 Å². The lowest BCUT2D eigenvalue weighted by molar-refractivity contribution is 0.458. The molecule has 0 unspecified atom stereocenters. The molecule has 0 radical (unpaired) electrons. The summed E-state index contributed by atoms with van der Waals surface area (Å²) in [6, 6.07) is 14.3. The summed E-state index contributed by atoms with van der Waals surface area (Å²) in [6.07, 6.45) is 0. The number of hydrogen-bond acceptors (Lipinski definition) is 4. The van der Waals surface area contributed by atoms with Gasteiger partial charge in [0.25, 0.3) is 5.56 Å². The molecule has 1 atom stereocenters. The second kappa shape index (κ2) is 7.76. The van der Waals surface area contributed by atoms with E-state index >= 15 is 0 Å². The molecule has 170 valence electrons. The number of anilines is 2. The first-order chi connectivity index (χ1) is 15.7. The van der Waals surface area contributed by atoms with E-state index in [0.29, 0.717) is 29.6 Å². The lowest BCUT2D eigenvalue weighted by atomic mass is 10.1. The highest BCUT2D eigenvalue weighted by Gasteiger charge is 2.30. The minimum absolute atomic E-state index is 0.236. The normalized spacial score (nSPS) is 15.8. The van der Waals surface area contributed by atoms with Gasteiger partial charge in [-0.15, -0.1) is 0 Å². The molecule has 0 saturated carbocycles. The van der Waals surface area contributed by atoms with Crippen LogP contribution >= 0.6 is 0 Å². The van der Waals surface area contributed by atoms with E-state index in [2.05, 4.69) is 43.9 Å². The number of hydrogen-bond donors (Lipinski definition) is 0. The molecule has 0 spiro atoms. The maximum Gasteiger partial charge on any atom is 0.332 e. The van der Waals surface area contributed by atoms with E-state index in [1.54, 1.807) is 7.05 Å². The first kappa shape index (κ1) is 21.2. The van der Waals surface area contributed by atoms with Gasteiger partial charge in [0.1, 0.15) is 0 Å². The molecule has 1 aliphatic rings. The lowest BCUT2D eigenvalue weighted by Gasteiger charge is -2.33. The first-order valence-corrected chi connectivity index (χ1v) is 11.3. The summed E-state index contributed by atoms with van der Waals surface area (Å²) < 4.78 is 4.82. The van der Waals surface area contributed by atoms with Crippen molar-refractivity contribution >= 4 is 22.8 Å². The van der Waals surface area contributed by atoms with Gasteiger partial charge in [0.15, 0.2) is 11.2 Å². The van der Waals surface area contributed by atoms with Crippen molar-refractivity contribution in [2.24, 2.45) is 13.0 Å². The highest BCUT2D eigenvalue weighted by molar-refractivity contribution is 5.77. The Hall–Kier alpha value is -3.61. The summed E-state index contributed by atoms with van der Waals surface area (Å²) in [5.41, 5.74) is 5.72. The van der Waals surface area contributed by atoms with E-state index < -0.39 is 0 Å². The van der Waals surface area contributed by atoms with Gasteiger partial charge in [0.2, 0.25) is 5.95 Å². The average Bonchev–Trinajstić information content (AvgIpc) is 3.13. The summed E-state index contributed by atoms with van der Waals surface area (Å²) in [5.74, 6) is 1.03. The largest absolute Gasteiger partial charge is 0.332 e. The van der Waals surface area contributed by atoms with Gasteiger partial charge >= 0.3 is 5.69 Å². The molecule has 0 saturated heterocycles. The van der Waals surface area contributed by atoms with Crippen molar-refractivity contribution in [3.8, 4) is 0 Å². The fraction of sp³-hybridized carbons (Fsp3) is 0.346. The number of aryl methyl sites for hydroxylation is 4. The second-order valence-corrected chi connectivity index (χ2v) is 9.48. The highest BCUT2D eigenvalue weighted by atomic mass is 16.2. The summed E-state index contributed by atoms with van der Waals surface area (Å²) in [5, 5.41) is 0. The summed E-state index contributed by atoms with van der Waals surface area (Å²) in [4.78, 5) is 33.8. The quantitative estimate of drug-likeness (QED) is 0.485. The highest BCUT2D eigenvalue weighted by Crippen LogP contribution is 2.33. The molecule has 0 fully saturated rings. The summed E-state index contributed by atoms with van der Waals surface area (Å²) in [6.45, 7) is 10.1. The predicted molar refractivity (Wildman–Crippen MR) is 132 cm³/mol. The van der Waals surface area contributed by atoms with Crippen molar-refractivity contribution in [1.82, 2.24) is 18.7 Å². The third kappa shape index (κ3) is 3.57. The molecule has 4 aromatic rings. The maximum atomic E-state index is 13.7. The molecule has 1 aliphatic heterocycles. The Balaban J connectivity index is 1.73. The Morgan fingerprint density at radius 1 is 0.970 bits per heavy atom. The van der Waals surface area contributed by atoms with E-state index in [4.69, 9.17) is 4.98 Å². The van der Waals surface area contributed by atoms with E-state index in [-0.39, 0.29) is 17.8 Å². The van der Waals surface area contributed by atoms with Gasteiger partial charge in [-0.25, -0.2) is 4.79 Å². The zero-order valence-electron chi connectivity index (χ0n) is 19.8. The molecule has 3 heterocycles. The third-order valence-electron chi connectivity index (χ3n) is 6.38. The van der Waals surface area contributed by atoms with E-state index in [0.717, 1.165) is 23.4 Å². The van der Waals surface area contributed by atoms with Crippen LogP contribution in [0.25, 0.3) is 11.2 Å². The molecule has 2 aromatic heterocycles. The van der Waals surface area contributed by atoms with Crippen LogP contribution in [0, 0.1) is 26.7 Å². The Labute approximate surface area is 192 Å². The molecule has 5 rings (SSSR count). The molecule has 0 N–H and O–H groups in total. The fourth-order valence-electron chi connectivity index (χ4n) is 4.96. The maximum absolute atomic E-state index is 13.7. The van der Waals surface area contributed by atoms with Crippen LogP contribution in [0.5, 0.6) is 0 Å². The van der Waals surface area contributed by atoms with Gasteiger partial charge in [-0.2, -0.15) is 4.98 Å². The Morgan fingerprint density at radius 3 is 2.39 bits per heavy atom. The van der Waals surface area contributed by atoms with Crippen molar-refractivity contribution in [2.45, 2.75) is 40.8 Å². The van der Waals surface area contributed by atoms with Gasteiger partial charge in [-0.1, -0.05) is 42.8 Å². The minimum Gasteiger partial charge on any atom is -0.312 e. The second-order valence-electron chi connectivity index (χ2n) is 9.48. The van der Waals surface area contributed by atoms with Gasteiger partial charge < -0.3 is 9.47 Å². The Morgan fingerprint density at radius 2 is 1.70 bits per heavy atom. The van der Waals surface area contributed by atoms with Crippen LogP contribution in [0.3, 0.4) is 0 Å². The standard InChI is InChI=1S/C26H29N5O2/c1-16-7-6-8-20(10-16)15-31-24(32)22-23(28(5)26(31)33)27-25-29(13-19(4)14-30(22)25)21-11-17(2)9-18(3)12-21/h6-12,19H,13-15H2,1-5H3/t19-/m1/s1. The minimum atomic E-state index is -0.351. The Bertz CT molecular complexity index is 1490. The topological polar surface area (TPSA) is 65.1 Å². The van der Waals surface area contributed by atoms with Gasteiger partial charge in [-0.05, 0) is 55.5 Å². The van der Waals surface area contributed by atoms with Gasteiger partial charge in [0.05, 0.1) is 6.54 Å². The summed E-state index contributed by atoms with van der Waals surface area (Å²) in [7, 11) is 1.69. The molecule has 33 heavy (non-hydrogen) atoms. The number of fused-ring (bicyclic) bond motifs is 3. The number of benzene rings is 2. The predicted octanol–water partition coefficient (Wildman–Crippen LogP) is 3.66. The van der Waals surface area contributed by atoms with Crippen LogP contribution in [-0.2, 0) is 20.1 Å². The van der Waals surface area contributed by atoms with E-state index in [9.17, 15) is 9.59 Å².